The van der Waals surface area contributed by atoms with Gasteiger partial charge in [0.05, 0.1) is 6.04 Å². The largest absolute Gasteiger partial charge is 0.480 e. The minimum atomic E-state index is -1.17. The average molecular weight is 472 g/mol. The summed E-state index contributed by atoms with van der Waals surface area (Å²) in [4.78, 5) is 61.1. The van der Waals surface area contributed by atoms with Crippen LogP contribution in [0.15, 0.2) is 0 Å². The Morgan fingerprint density at radius 1 is 0.788 bits per heavy atom. The van der Waals surface area contributed by atoms with E-state index in [1.54, 1.807) is 27.7 Å². The zero-order chi connectivity index (χ0) is 25.9. The Kier molecular flexibility index (Phi) is 13.3. The normalized spacial score (nSPS) is 16.6. The molecule has 6 atom stereocenters. The molecule has 190 valence electrons. The number of nitrogens with one attached hydrogen (secondary N) is 3. The lowest BCUT2D eigenvalue weighted by Crippen LogP contribution is -2.59. The number of nitrogens with two attached hydrogens (primary N) is 2. The van der Waals surface area contributed by atoms with E-state index < -0.39 is 53.8 Å². The quantitative estimate of drug-likeness (QED) is 0.191. The van der Waals surface area contributed by atoms with Crippen LogP contribution >= 0.6 is 0 Å². The maximum Gasteiger partial charge on any atom is 0.326 e. The summed E-state index contributed by atoms with van der Waals surface area (Å²) in [7, 11) is 0. The van der Waals surface area contributed by atoms with Crippen LogP contribution in [0.3, 0.4) is 0 Å². The van der Waals surface area contributed by atoms with Crippen LogP contribution in [-0.4, -0.2) is 58.9 Å². The molecule has 0 fully saturated rings. The molecule has 11 nitrogen and oxygen atoms in total. The first kappa shape index (κ1) is 30.3. The molecule has 0 aliphatic rings. The summed E-state index contributed by atoms with van der Waals surface area (Å²) in [5.41, 5.74) is 11.1. The van der Waals surface area contributed by atoms with E-state index in [1.807, 2.05) is 13.8 Å². The van der Waals surface area contributed by atoms with E-state index in [0.717, 1.165) is 0 Å². The second-order valence-corrected chi connectivity index (χ2v) is 8.92. The van der Waals surface area contributed by atoms with Gasteiger partial charge in [0.25, 0.3) is 0 Å². The fourth-order valence-corrected chi connectivity index (χ4v) is 3.05. The van der Waals surface area contributed by atoms with Crippen LogP contribution in [0.4, 0.5) is 0 Å². The van der Waals surface area contributed by atoms with Gasteiger partial charge in [-0.3, -0.25) is 19.2 Å². The molecule has 0 heterocycles. The predicted octanol–water partition coefficient (Wildman–Crippen LogP) is -0.134. The van der Waals surface area contributed by atoms with Gasteiger partial charge in [-0.1, -0.05) is 54.4 Å². The molecule has 0 aromatic heterocycles. The van der Waals surface area contributed by atoms with E-state index in [1.165, 1.54) is 0 Å². The van der Waals surface area contributed by atoms with Crippen molar-refractivity contribution in [3.05, 3.63) is 0 Å². The molecule has 0 aromatic carbocycles. The number of rotatable bonds is 15. The summed E-state index contributed by atoms with van der Waals surface area (Å²) in [5, 5.41) is 17.1. The van der Waals surface area contributed by atoms with Crippen molar-refractivity contribution in [1.29, 1.82) is 0 Å². The van der Waals surface area contributed by atoms with Gasteiger partial charge in [0.2, 0.25) is 23.6 Å². The molecule has 0 aliphatic heterocycles. The zero-order valence-electron chi connectivity index (χ0n) is 20.5. The van der Waals surface area contributed by atoms with Crippen molar-refractivity contribution in [1.82, 2.24) is 16.0 Å². The Labute approximate surface area is 195 Å². The number of primary amides is 1. The van der Waals surface area contributed by atoms with Crippen LogP contribution < -0.4 is 27.4 Å². The molecule has 0 spiro atoms. The van der Waals surface area contributed by atoms with Crippen molar-refractivity contribution < 1.29 is 29.1 Å². The molecule has 0 aliphatic carbocycles. The minimum Gasteiger partial charge on any atom is -0.480 e. The Morgan fingerprint density at radius 3 is 1.73 bits per heavy atom. The maximum absolute atomic E-state index is 13.0. The number of carbonyl (C=O) groups is 5. The van der Waals surface area contributed by atoms with Gasteiger partial charge in [0.1, 0.15) is 18.1 Å². The Balaban J connectivity index is 5.57. The third-order valence-corrected chi connectivity index (χ3v) is 5.90. The number of carboxylic acids is 1. The molecule has 6 unspecified atom stereocenters. The van der Waals surface area contributed by atoms with Gasteiger partial charge in [0.15, 0.2) is 0 Å². The van der Waals surface area contributed by atoms with Crippen LogP contribution in [0.1, 0.15) is 67.2 Å². The number of carbonyl (C=O) groups excluding carboxylic acids is 4. The molecule has 0 saturated heterocycles. The summed E-state index contributed by atoms with van der Waals surface area (Å²) in [6.45, 7) is 10.6. The molecular formula is C22H41N5O6. The highest BCUT2D eigenvalue weighted by molar-refractivity contribution is 5.94. The first-order valence-electron chi connectivity index (χ1n) is 11.4. The standard InChI is InChI=1S/C22H41N5O6/c1-7-12(5)16(24)20(30)25-14(9-10-15(23)28)19(29)26-17(11(3)4)21(31)27-18(22(32)33)13(6)8-2/h11-14,16-18H,7-10,24H2,1-6H3,(H2,23,28)(H,25,30)(H,26,29)(H,27,31)(H,32,33). The van der Waals surface area contributed by atoms with Gasteiger partial charge in [-0.25, -0.2) is 4.79 Å². The lowest BCUT2D eigenvalue weighted by molar-refractivity contribution is -0.144. The van der Waals surface area contributed by atoms with E-state index >= 15 is 0 Å². The molecule has 8 N–H and O–H groups in total. The van der Waals surface area contributed by atoms with Gasteiger partial charge >= 0.3 is 5.97 Å². The zero-order valence-corrected chi connectivity index (χ0v) is 20.5. The van der Waals surface area contributed by atoms with Gasteiger partial charge in [-0.05, 0) is 24.2 Å². The highest BCUT2D eigenvalue weighted by atomic mass is 16.4. The van der Waals surface area contributed by atoms with Crippen molar-refractivity contribution >= 4 is 29.6 Å². The average Bonchev–Trinajstić information content (AvgIpc) is 2.75. The first-order valence-corrected chi connectivity index (χ1v) is 11.4. The van der Waals surface area contributed by atoms with Crippen molar-refractivity contribution in [2.75, 3.05) is 0 Å². The molecular weight excluding hydrogens is 430 g/mol. The summed E-state index contributed by atoms with van der Waals surface area (Å²) >= 11 is 0. The summed E-state index contributed by atoms with van der Waals surface area (Å²) < 4.78 is 0. The van der Waals surface area contributed by atoms with Crippen LogP contribution in [0.5, 0.6) is 0 Å². The molecule has 33 heavy (non-hydrogen) atoms. The third kappa shape index (κ3) is 10.2. The van der Waals surface area contributed by atoms with E-state index in [4.69, 9.17) is 11.5 Å². The Morgan fingerprint density at radius 2 is 1.30 bits per heavy atom. The second-order valence-electron chi connectivity index (χ2n) is 8.92. The smallest absolute Gasteiger partial charge is 0.326 e. The third-order valence-electron chi connectivity index (χ3n) is 5.90. The van der Waals surface area contributed by atoms with Gasteiger partial charge in [-0.2, -0.15) is 0 Å². The van der Waals surface area contributed by atoms with E-state index in [0.29, 0.717) is 12.8 Å². The lowest BCUT2D eigenvalue weighted by atomic mass is 9.96. The number of aliphatic carboxylic acids is 1. The SMILES string of the molecule is CCC(C)C(N)C(=O)NC(CCC(N)=O)C(=O)NC(C(=O)NC(C(=O)O)C(C)CC)C(C)C. The molecule has 0 rings (SSSR count). The van der Waals surface area contributed by atoms with Crippen LogP contribution in [-0.2, 0) is 24.0 Å². The maximum atomic E-state index is 13.0. The van der Waals surface area contributed by atoms with Crippen molar-refractivity contribution in [2.45, 2.75) is 91.4 Å². The number of carboxylic acid groups (broad SMARTS) is 1. The number of hydrogen-bond donors (Lipinski definition) is 6. The fourth-order valence-electron chi connectivity index (χ4n) is 3.05. The van der Waals surface area contributed by atoms with Crippen LogP contribution in [0, 0.1) is 17.8 Å². The second kappa shape index (κ2) is 14.5. The van der Waals surface area contributed by atoms with Crippen LogP contribution in [0.25, 0.3) is 0 Å². The molecule has 0 radical (unpaired) electrons. The molecule has 0 aromatic rings. The topological polar surface area (TPSA) is 194 Å². The number of hydrogen-bond acceptors (Lipinski definition) is 6. The van der Waals surface area contributed by atoms with Gasteiger partial charge in [0, 0.05) is 6.42 Å². The van der Waals surface area contributed by atoms with E-state index in [2.05, 4.69) is 16.0 Å². The monoisotopic (exact) mass is 471 g/mol. The summed E-state index contributed by atoms with van der Waals surface area (Å²) in [5.74, 6) is -4.54. The van der Waals surface area contributed by atoms with E-state index in [-0.39, 0.29) is 30.6 Å². The summed E-state index contributed by atoms with van der Waals surface area (Å²) in [6.07, 6.45) is 0.957. The van der Waals surface area contributed by atoms with E-state index in [9.17, 15) is 29.1 Å². The molecule has 11 heteroatoms. The Hall–Kier alpha value is -2.69. The highest BCUT2D eigenvalue weighted by Gasteiger charge is 2.33. The van der Waals surface area contributed by atoms with Crippen molar-refractivity contribution in [3.63, 3.8) is 0 Å². The van der Waals surface area contributed by atoms with Crippen LogP contribution in [0.2, 0.25) is 0 Å². The summed E-state index contributed by atoms with van der Waals surface area (Å²) in [6, 6.07) is -4.16. The minimum absolute atomic E-state index is 0.0722. The fraction of sp³-hybridized carbons (Fsp3) is 0.773. The van der Waals surface area contributed by atoms with Gasteiger partial charge < -0.3 is 32.5 Å². The number of amides is 4. The Bertz CT molecular complexity index is 699. The van der Waals surface area contributed by atoms with Crippen molar-refractivity contribution in [2.24, 2.45) is 29.2 Å². The van der Waals surface area contributed by atoms with Crippen molar-refractivity contribution in [3.8, 4) is 0 Å². The first-order chi connectivity index (χ1) is 15.3. The molecule has 4 amide bonds. The predicted molar refractivity (Wildman–Crippen MR) is 124 cm³/mol. The molecule has 0 saturated carbocycles. The lowest BCUT2D eigenvalue weighted by Gasteiger charge is -2.28. The van der Waals surface area contributed by atoms with Gasteiger partial charge in [-0.15, -0.1) is 0 Å². The molecule has 0 bridgehead atoms. The highest BCUT2D eigenvalue weighted by Crippen LogP contribution is 2.11.